The molecule has 1 fully saturated rings. The molecule has 0 aliphatic carbocycles. The Balaban J connectivity index is 1.99. The summed E-state index contributed by atoms with van der Waals surface area (Å²) in [6, 6.07) is 0. The third-order valence-electron chi connectivity index (χ3n) is 4.61. The Morgan fingerprint density at radius 1 is 1.00 bits per heavy atom. The van der Waals surface area contributed by atoms with Crippen LogP contribution in [0.1, 0.15) is 71.1 Å². The maximum absolute atomic E-state index is 11.9. The van der Waals surface area contributed by atoms with Gasteiger partial charge in [-0.05, 0) is 26.2 Å². The number of carbonyl (C=O) groups excluding carboxylic acids is 1. The third-order valence-corrected chi connectivity index (χ3v) is 4.61. The lowest BCUT2D eigenvalue weighted by Crippen LogP contribution is -2.49. The Labute approximate surface area is 118 Å². The number of quaternary nitrogens is 1. The minimum Gasteiger partial charge on any atom is -0.396 e. The average Bonchev–Trinajstić information content (AvgIpc) is 2.79. The number of carbonyl (C=O) groups is 1. The van der Waals surface area contributed by atoms with Crippen molar-refractivity contribution in [3.63, 3.8) is 0 Å². The molecule has 0 aromatic carbocycles. The molecule has 1 atom stereocenters. The smallest absolute Gasteiger partial charge is 0.313 e. The van der Waals surface area contributed by atoms with Crippen LogP contribution in [0.3, 0.4) is 0 Å². The van der Waals surface area contributed by atoms with E-state index in [4.69, 9.17) is 5.11 Å². The van der Waals surface area contributed by atoms with Crippen LogP contribution in [0.25, 0.3) is 0 Å². The number of likely N-dealkylation sites (tertiary alicyclic amines) is 1. The first-order chi connectivity index (χ1) is 9.25. The van der Waals surface area contributed by atoms with Crippen LogP contribution in [-0.4, -0.2) is 41.7 Å². The third kappa shape index (κ3) is 5.62. The van der Waals surface area contributed by atoms with Gasteiger partial charge in [-0.25, -0.2) is 4.79 Å². The zero-order valence-corrected chi connectivity index (χ0v) is 12.7. The lowest BCUT2D eigenvalue weighted by atomic mass is 10.1. The van der Waals surface area contributed by atoms with Gasteiger partial charge in [-0.3, -0.25) is 4.48 Å². The van der Waals surface area contributed by atoms with Crippen LogP contribution in [0.2, 0.25) is 0 Å². The van der Waals surface area contributed by atoms with Crippen molar-refractivity contribution < 1.29 is 14.4 Å². The van der Waals surface area contributed by atoms with Gasteiger partial charge in [0.05, 0.1) is 26.1 Å². The highest BCUT2D eigenvalue weighted by atomic mass is 16.2. The predicted molar refractivity (Wildman–Crippen MR) is 78.8 cm³/mol. The van der Waals surface area contributed by atoms with Crippen molar-refractivity contribution in [2.45, 2.75) is 71.1 Å². The molecule has 0 aromatic heterocycles. The molecule has 3 nitrogen and oxygen atoms in total. The number of unbranched alkanes of at least 4 members (excludes halogenated alkanes) is 7. The van der Waals surface area contributed by atoms with Gasteiger partial charge in [-0.15, -0.1) is 0 Å². The van der Waals surface area contributed by atoms with Crippen LogP contribution in [0, 0.1) is 0 Å². The zero-order valence-electron chi connectivity index (χ0n) is 12.7. The van der Waals surface area contributed by atoms with Gasteiger partial charge in [0, 0.05) is 13.0 Å². The van der Waals surface area contributed by atoms with Crippen LogP contribution < -0.4 is 0 Å². The number of amides is 1. The molecule has 1 heterocycles. The first-order valence-electron chi connectivity index (χ1n) is 8.25. The largest absolute Gasteiger partial charge is 0.396 e. The van der Waals surface area contributed by atoms with Gasteiger partial charge >= 0.3 is 5.91 Å². The van der Waals surface area contributed by atoms with E-state index in [1.807, 2.05) is 0 Å². The van der Waals surface area contributed by atoms with Gasteiger partial charge in [0.15, 0.2) is 0 Å². The second-order valence-electron chi connectivity index (χ2n) is 5.96. The molecule has 1 N–H and O–H groups in total. The number of hydrogen-bond donors (Lipinski definition) is 1. The van der Waals surface area contributed by atoms with Crippen molar-refractivity contribution in [2.24, 2.45) is 0 Å². The van der Waals surface area contributed by atoms with Crippen molar-refractivity contribution in [3.8, 4) is 0 Å². The van der Waals surface area contributed by atoms with Gasteiger partial charge in [-0.2, -0.15) is 0 Å². The van der Waals surface area contributed by atoms with Gasteiger partial charge in [0.2, 0.25) is 0 Å². The minimum atomic E-state index is 0.338. The highest BCUT2D eigenvalue weighted by Crippen LogP contribution is 2.22. The van der Waals surface area contributed by atoms with E-state index in [1.54, 1.807) is 0 Å². The SMILES string of the molecule is CC[N+]1(CCCCCCCCCCO)CCCC1=O. The summed E-state index contributed by atoms with van der Waals surface area (Å²) >= 11 is 0. The van der Waals surface area contributed by atoms with E-state index in [2.05, 4.69) is 6.92 Å². The molecule has 3 heteroatoms. The summed E-state index contributed by atoms with van der Waals surface area (Å²) in [4.78, 5) is 11.9. The van der Waals surface area contributed by atoms with Crippen LogP contribution in [-0.2, 0) is 4.79 Å². The molecule has 1 unspecified atom stereocenters. The molecular weight excluding hydrogens is 238 g/mol. The van der Waals surface area contributed by atoms with Crippen molar-refractivity contribution >= 4 is 5.91 Å². The zero-order chi connectivity index (χ0) is 14.0. The molecule has 19 heavy (non-hydrogen) atoms. The van der Waals surface area contributed by atoms with E-state index in [9.17, 15) is 4.79 Å². The van der Waals surface area contributed by atoms with Crippen molar-refractivity contribution in [2.75, 3.05) is 26.2 Å². The van der Waals surface area contributed by atoms with Crippen molar-refractivity contribution in [1.82, 2.24) is 0 Å². The second kappa shape index (κ2) is 9.49. The van der Waals surface area contributed by atoms with Crippen LogP contribution in [0.15, 0.2) is 0 Å². The fraction of sp³-hybridized carbons (Fsp3) is 0.938. The Hall–Kier alpha value is -0.410. The molecule has 0 saturated carbocycles. The lowest BCUT2D eigenvalue weighted by Gasteiger charge is -2.30. The van der Waals surface area contributed by atoms with Gasteiger partial charge in [-0.1, -0.05) is 32.1 Å². The van der Waals surface area contributed by atoms with E-state index >= 15 is 0 Å². The summed E-state index contributed by atoms with van der Waals surface area (Å²) in [5.41, 5.74) is 0. The second-order valence-corrected chi connectivity index (χ2v) is 5.96. The first kappa shape index (κ1) is 16.6. The van der Waals surface area contributed by atoms with Crippen LogP contribution in [0.5, 0.6) is 0 Å². The summed E-state index contributed by atoms with van der Waals surface area (Å²) in [6.45, 7) is 5.63. The van der Waals surface area contributed by atoms with E-state index < -0.39 is 0 Å². The molecule has 0 aromatic rings. The molecule has 112 valence electrons. The summed E-state index contributed by atoms with van der Waals surface area (Å²) in [5, 5.41) is 8.68. The average molecular weight is 270 g/mol. The highest BCUT2D eigenvalue weighted by Gasteiger charge is 2.38. The summed E-state index contributed by atoms with van der Waals surface area (Å²) in [6.07, 6.45) is 11.7. The monoisotopic (exact) mass is 270 g/mol. The van der Waals surface area contributed by atoms with Gasteiger partial charge in [0.1, 0.15) is 0 Å². The number of aliphatic hydroxyl groups excluding tert-OH is 1. The van der Waals surface area contributed by atoms with E-state index in [0.29, 0.717) is 12.5 Å². The molecule has 0 bridgehead atoms. The Morgan fingerprint density at radius 2 is 1.58 bits per heavy atom. The van der Waals surface area contributed by atoms with E-state index in [0.717, 1.165) is 43.4 Å². The minimum absolute atomic E-state index is 0.338. The fourth-order valence-corrected chi connectivity index (χ4v) is 3.21. The Morgan fingerprint density at radius 3 is 2.05 bits per heavy atom. The number of rotatable bonds is 11. The topological polar surface area (TPSA) is 37.3 Å². The van der Waals surface area contributed by atoms with E-state index in [-0.39, 0.29) is 0 Å². The maximum atomic E-state index is 11.9. The molecule has 1 rings (SSSR count). The molecule has 0 radical (unpaired) electrons. The summed E-state index contributed by atoms with van der Waals surface area (Å²) in [5.74, 6) is 0.478. The number of aliphatic hydroxyl groups is 1. The van der Waals surface area contributed by atoms with Crippen molar-refractivity contribution in [1.29, 1.82) is 0 Å². The first-order valence-corrected chi connectivity index (χ1v) is 8.25. The fourth-order valence-electron chi connectivity index (χ4n) is 3.21. The number of hydrogen-bond acceptors (Lipinski definition) is 2. The highest BCUT2D eigenvalue weighted by molar-refractivity contribution is 5.70. The van der Waals surface area contributed by atoms with Gasteiger partial charge in [0.25, 0.3) is 0 Å². The Bertz CT molecular complexity index is 255. The number of nitrogens with zero attached hydrogens (tertiary/aromatic N) is 1. The quantitative estimate of drug-likeness (QED) is 0.462. The molecule has 1 aliphatic rings. The van der Waals surface area contributed by atoms with Gasteiger partial charge < -0.3 is 5.11 Å². The molecule has 0 spiro atoms. The van der Waals surface area contributed by atoms with E-state index in [1.165, 1.54) is 44.9 Å². The normalized spacial score (nSPS) is 23.2. The summed E-state index contributed by atoms with van der Waals surface area (Å²) < 4.78 is 0.760. The molecule has 1 amide bonds. The summed E-state index contributed by atoms with van der Waals surface area (Å²) in [7, 11) is 0. The lowest BCUT2D eigenvalue weighted by molar-refractivity contribution is -0.845. The molecule has 1 aliphatic heterocycles. The molecule has 1 saturated heterocycles. The van der Waals surface area contributed by atoms with Crippen LogP contribution >= 0.6 is 0 Å². The molecular formula is C16H32NO2+. The maximum Gasteiger partial charge on any atom is 0.313 e. The van der Waals surface area contributed by atoms with Crippen LogP contribution in [0.4, 0.5) is 0 Å². The Kier molecular flexibility index (Phi) is 8.31. The predicted octanol–water partition coefficient (Wildman–Crippen LogP) is 3.26. The standard InChI is InChI=1S/C16H32NO2/c1-2-17(14-11-12-16(17)19)13-9-7-5-3-4-6-8-10-15-18/h18H,2-15H2,1H3/q+1. The van der Waals surface area contributed by atoms with Crippen molar-refractivity contribution in [3.05, 3.63) is 0 Å².